The lowest BCUT2D eigenvalue weighted by atomic mass is 10.0. The summed E-state index contributed by atoms with van der Waals surface area (Å²) >= 11 is 0. The van der Waals surface area contributed by atoms with Crippen LogP contribution in [-0.2, 0) is 6.54 Å². The molecule has 1 nitrogen and oxygen atoms in total. The molecule has 0 bridgehead atoms. The minimum atomic E-state index is 0.891. The van der Waals surface area contributed by atoms with Gasteiger partial charge >= 0.3 is 0 Å². The number of hydrogen-bond acceptors (Lipinski definition) is 1. The SMILES string of the molecule is Cc1ccc(NCc2c(C)cccc2C)c(C)c1. The number of aryl methyl sites for hydroxylation is 4. The highest BCUT2D eigenvalue weighted by atomic mass is 14.9. The van der Waals surface area contributed by atoms with Gasteiger partial charge in [-0.1, -0.05) is 35.9 Å². The van der Waals surface area contributed by atoms with Crippen molar-refractivity contribution in [3.05, 3.63) is 64.2 Å². The lowest BCUT2D eigenvalue weighted by Crippen LogP contribution is -2.04. The second-order valence-corrected chi connectivity index (χ2v) is 5.04. The molecule has 0 saturated carbocycles. The van der Waals surface area contributed by atoms with E-state index in [4.69, 9.17) is 0 Å². The molecule has 0 fully saturated rings. The summed E-state index contributed by atoms with van der Waals surface area (Å²) in [6, 6.07) is 13.0. The van der Waals surface area contributed by atoms with Crippen LogP contribution in [0.5, 0.6) is 0 Å². The van der Waals surface area contributed by atoms with Gasteiger partial charge in [0.2, 0.25) is 0 Å². The summed E-state index contributed by atoms with van der Waals surface area (Å²) in [5.41, 5.74) is 7.95. The highest BCUT2D eigenvalue weighted by Crippen LogP contribution is 2.19. The molecule has 0 saturated heterocycles. The van der Waals surface area contributed by atoms with E-state index in [-0.39, 0.29) is 0 Å². The van der Waals surface area contributed by atoms with Crippen molar-refractivity contribution in [2.24, 2.45) is 0 Å². The lowest BCUT2D eigenvalue weighted by molar-refractivity contribution is 1.08. The van der Waals surface area contributed by atoms with Gasteiger partial charge in [-0.05, 0) is 56.0 Å². The summed E-state index contributed by atoms with van der Waals surface area (Å²) in [6.45, 7) is 9.52. The van der Waals surface area contributed by atoms with Crippen LogP contribution in [0.2, 0.25) is 0 Å². The number of benzene rings is 2. The van der Waals surface area contributed by atoms with E-state index < -0.39 is 0 Å². The molecule has 0 heterocycles. The summed E-state index contributed by atoms with van der Waals surface area (Å²) in [5, 5.41) is 3.54. The Morgan fingerprint density at radius 2 is 1.50 bits per heavy atom. The topological polar surface area (TPSA) is 12.0 Å². The van der Waals surface area contributed by atoms with Gasteiger partial charge in [-0.3, -0.25) is 0 Å². The zero-order valence-electron chi connectivity index (χ0n) is 11.7. The van der Waals surface area contributed by atoms with Crippen molar-refractivity contribution in [3.63, 3.8) is 0 Å². The largest absolute Gasteiger partial charge is 0.381 e. The molecule has 2 aromatic carbocycles. The fourth-order valence-corrected chi connectivity index (χ4v) is 2.32. The van der Waals surface area contributed by atoms with Gasteiger partial charge in [-0.25, -0.2) is 0 Å². The predicted molar refractivity (Wildman–Crippen MR) is 79.2 cm³/mol. The summed E-state index contributed by atoms with van der Waals surface area (Å²) in [6.07, 6.45) is 0. The van der Waals surface area contributed by atoms with Crippen LogP contribution < -0.4 is 5.32 Å². The average molecular weight is 239 g/mol. The van der Waals surface area contributed by atoms with Crippen LogP contribution in [-0.4, -0.2) is 0 Å². The van der Waals surface area contributed by atoms with Crippen molar-refractivity contribution in [1.29, 1.82) is 0 Å². The fraction of sp³-hybridized carbons (Fsp3) is 0.294. The van der Waals surface area contributed by atoms with E-state index in [1.165, 1.54) is 33.5 Å². The molecule has 0 aliphatic carbocycles. The first-order valence-corrected chi connectivity index (χ1v) is 6.44. The number of nitrogens with one attached hydrogen (secondary N) is 1. The van der Waals surface area contributed by atoms with Crippen LogP contribution >= 0.6 is 0 Å². The molecule has 0 amide bonds. The first-order chi connectivity index (χ1) is 8.58. The Bertz CT molecular complexity index is 535. The van der Waals surface area contributed by atoms with Crippen molar-refractivity contribution in [2.45, 2.75) is 34.2 Å². The van der Waals surface area contributed by atoms with Gasteiger partial charge in [0.1, 0.15) is 0 Å². The molecule has 94 valence electrons. The maximum atomic E-state index is 3.54. The normalized spacial score (nSPS) is 10.4. The van der Waals surface area contributed by atoms with Crippen molar-refractivity contribution in [2.75, 3.05) is 5.32 Å². The van der Waals surface area contributed by atoms with Gasteiger partial charge in [0.25, 0.3) is 0 Å². The Labute approximate surface area is 110 Å². The second kappa shape index (κ2) is 5.26. The maximum Gasteiger partial charge on any atom is 0.0406 e. The monoisotopic (exact) mass is 239 g/mol. The lowest BCUT2D eigenvalue weighted by Gasteiger charge is -2.14. The highest BCUT2D eigenvalue weighted by Gasteiger charge is 2.03. The molecular formula is C17H21N. The summed E-state index contributed by atoms with van der Waals surface area (Å²) in [7, 11) is 0. The van der Waals surface area contributed by atoms with E-state index in [1.807, 2.05) is 0 Å². The summed E-state index contributed by atoms with van der Waals surface area (Å²) in [4.78, 5) is 0. The summed E-state index contributed by atoms with van der Waals surface area (Å²) < 4.78 is 0. The highest BCUT2D eigenvalue weighted by molar-refractivity contribution is 5.52. The molecule has 2 rings (SSSR count). The molecule has 0 unspecified atom stereocenters. The Balaban J connectivity index is 2.16. The molecule has 18 heavy (non-hydrogen) atoms. The Morgan fingerprint density at radius 1 is 0.833 bits per heavy atom. The number of hydrogen-bond donors (Lipinski definition) is 1. The minimum Gasteiger partial charge on any atom is -0.381 e. The number of anilines is 1. The predicted octanol–water partition coefficient (Wildman–Crippen LogP) is 4.53. The van der Waals surface area contributed by atoms with E-state index >= 15 is 0 Å². The van der Waals surface area contributed by atoms with Crippen LogP contribution in [0.3, 0.4) is 0 Å². The first kappa shape index (κ1) is 12.7. The van der Waals surface area contributed by atoms with Gasteiger partial charge in [-0.15, -0.1) is 0 Å². The third kappa shape index (κ3) is 2.73. The van der Waals surface area contributed by atoms with Crippen molar-refractivity contribution in [1.82, 2.24) is 0 Å². The molecule has 0 spiro atoms. The molecular weight excluding hydrogens is 218 g/mol. The third-order valence-electron chi connectivity index (χ3n) is 3.48. The Morgan fingerprint density at radius 3 is 2.11 bits per heavy atom. The van der Waals surface area contributed by atoms with E-state index in [2.05, 4.69) is 69.4 Å². The molecule has 0 aliphatic heterocycles. The quantitative estimate of drug-likeness (QED) is 0.829. The third-order valence-corrected chi connectivity index (χ3v) is 3.48. The van der Waals surface area contributed by atoms with Crippen molar-refractivity contribution < 1.29 is 0 Å². The van der Waals surface area contributed by atoms with E-state index in [1.54, 1.807) is 0 Å². The van der Waals surface area contributed by atoms with Gasteiger partial charge < -0.3 is 5.32 Å². The van der Waals surface area contributed by atoms with Crippen LogP contribution in [0.15, 0.2) is 36.4 Å². The van der Waals surface area contributed by atoms with Crippen LogP contribution in [0.25, 0.3) is 0 Å². The molecule has 1 N–H and O–H groups in total. The number of rotatable bonds is 3. The first-order valence-electron chi connectivity index (χ1n) is 6.44. The smallest absolute Gasteiger partial charge is 0.0406 e. The molecule has 2 aromatic rings. The second-order valence-electron chi connectivity index (χ2n) is 5.04. The molecule has 1 heteroatoms. The Hall–Kier alpha value is -1.76. The molecule has 0 atom stereocenters. The molecule has 0 radical (unpaired) electrons. The van der Waals surface area contributed by atoms with E-state index in [9.17, 15) is 0 Å². The van der Waals surface area contributed by atoms with Gasteiger partial charge in [0, 0.05) is 12.2 Å². The maximum absolute atomic E-state index is 3.54. The van der Waals surface area contributed by atoms with E-state index in [0.29, 0.717) is 0 Å². The van der Waals surface area contributed by atoms with Gasteiger partial charge in [0.15, 0.2) is 0 Å². The van der Waals surface area contributed by atoms with Crippen LogP contribution in [0.4, 0.5) is 5.69 Å². The van der Waals surface area contributed by atoms with Gasteiger partial charge in [0.05, 0.1) is 0 Å². The zero-order chi connectivity index (χ0) is 13.1. The summed E-state index contributed by atoms with van der Waals surface area (Å²) in [5.74, 6) is 0. The average Bonchev–Trinajstić information content (AvgIpc) is 2.31. The Kier molecular flexibility index (Phi) is 3.71. The van der Waals surface area contributed by atoms with E-state index in [0.717, 1.165) is 6.54 Å². The molecule has 0 aliphatic rings. The fourth-order valence-electron chi connectivity index (χ4n) is 2.32. The van der Waals surface area contributed by atoms with Gasteiger partial charge in [-0.2, -0.15) is 0 Å². The zero-order valence-corrected chi connectivity index (χ0v) is 11.7. The molecule has 0 aromatic heterocycles. The van der Waals surface area contributed by atoms with Crippen molar-refractivity contribution >= 4 is 5.69 Å². The standard InChI is InChI=1S/C17H21N/c1-12-8-9-17(15(4)10-12)18-11-16-13(2)6-5-7-14(16)3/h5-10,18H,11H2,1-4H3. The minimum absolute atomic E-state index is 0.891. The van der Waals surface area contributed by atoms with Crippen molar-refractivity contribution in [3.8, 4) is 0 Å². The van der Waals surface area contributed by atoms with Crippen LogP contribution in [0, 0.1) is 27.7 Å². The van der Waals surface area contributed by atoms with Crippen LogP contribution in [0.1, 0.15) is 27.8 Å².